The number of carbonyl (C=O) groups excluding carboxylic acids is 1. The Kier molecular flexibility index (Phi) is 5.34. The van der Waals surface area contributed by atoms with Gasteiger partial charge < -0.3 is 19.0 Å². The largest absolute Gasteiger partial charge is 0.466 e. The molecule has 3 rings (SSSR count). The lowest BCUT2D eigenvalue weighted by Crippen LogP contribution is -2.62. The Bertz CT molecular complexity index is 1070. The molecular formula is C20H16F3NO6. The zero-order valence-corrected chi connectivity index (χ0v) is 15.8. The van der Waals surface area contributed by atoms with E-state index in [9.17, 15) is 27.9 Å². The van der Waals surface area contributed by atoms with E-state index in [1.165, 1.54) is 38.1 Å². The molecule has 1 aliphatic heterocycles. The molecule has 0 spiro atoms. The van der Waals surface area contributed by atoms with E-state index in [2.05, 4.69) is 0 Å². The average molecular weight is 423 g/mol. The predicted octanol–water partition coefficient (Wildman–Crippen LogP) is 2.77. The second-order valence-electron chi connectivity index (χ2n) is 6.66. The van der Waals surface area contributed by atoms with E-state index in [0.29, 0.717) is 0 Å². The van der Waals surface area contributed by atoms with E-state index < -0.39 is 41.1 Å². The third-order valence-electron chi connectivity index (χ3n) is 4.75. The number of carbonyl (C=O) groups is 1. The molecule has 3 atom stereocenters. The monoisotopic (exact) mass is 423 g/mol. The number of fused-ring (bicyclic) bond motifs is 1. The highest BCUT2D eigenvalue weighted by molar-refractivity contribution is 5.77. The number of halogens is 3. The van der Waals surface area contributed by atoms with Gasteiger partial charge in [-0.25, -0.2) is 4.79 Å². The number of ether oxygens (including phenoxy) is 2. The minimum Gasteiger partial charge on any atom is -0.466 e. The number of rotatable bonds is 3. The third-order valence-corrected chi connectivity index (χ3v) is 4.75. The van der Waals surface area contributed by atoms with Gasteiger partial charge in [-0.1, -0.05) is 12.1 Å². The van der Waals surface area contributed by atoms with Crippen molar-refractivity contribution in [3.8, 4) is 11.8 Å². The van der Waals surface area contributed by atoms with Crippen molar-refractivity contribution >= 4 is 5.97 Å². The summed E-state index contributed by atoms with van der Waals surface area (Å²) in [4.78, 5) is 25.2. The van der Waals surface area contributed by atoms with E-state index in [1.807, 2.05) is 6.07 Å². The minimum absolute atomic E-state index is 0.0450. The number of nitriles is 1. The van der Waals surface area contributed by atoms with Gasteiger partial charge in [-0.15, -0.1) is 0 Å². The van der Waals surface area contributed by atoms with Gasteiger partial charge in [0.05, 0.1) is 23.8 Å². The Hall–Kier alpha value is -3.32. The van der Waals surface area contributed by atoms with Crippen LogP contribution in [0.3, 0.4) is 0 Å². The Labute approximate surface area is 168 Å². The quantitative estimate of drug-likeness (QED) is 0.756. The summed E-state index contributed by atoms with van der Waals surface area (Å²) < 4.78 is 56.5. The molecule has 0 fully saturated rings. The SMILES string of the molecule is CCOC(=O)C1C(c2ccc(C#N)cc2)c2c(cc(C)oc2=O)OC1(O)C(F)(F)F. The Morgan fingerprint density at radius 2 is 1.97 bits per heavy atom. The number of esters is 1. The van der Waals surface area contributed by atoms with Crippen molar-refractivity contribution in [1.29, 1.82) is 5.26 Å². The van der Waals surface area contributed by atoms with E-state index in [1.54, 1.807) is 0 Å². The molecule has 1 aromatic heterocycles. The first-order valence-electron chi connectivity index (χ1n) is 8.83. The van der Waals surface area contributed by atoms with Gasteiger partial charge in [0.15, 0.2) is 0 Å². The fraction of sp³-hybridized carbons (Fsp3) is 0.350. The molecule has 3 unspecified atom stereocenters. The van der Waals surface area contributed by atoms with Crippen LogP contribution in [0.4, 0.5) is 13.2 Å². The maximum atomic E-state index is 14.0. The van der Waals surface area contributed by atoms with Gasteiger partial charge in [-0.05, 0) is 31.5 Å². The number of alkyl halides is 3. The maximum Gasteiger partial charge on any atom is 0.456 e. The second-order valence-corrected chi connectivity index (χ2v) is 6.66. The lowest BCUT2D eigenvalue weighted by Gasteiger charge is -2.43. The Morgan fingerprint density at radius 1 is 1.33 bits per heavy atom. The predicted molar refractivity (Wildman–Crippen MR) is 94.5 cm³/mol. The number of hydrogen-bond donors (Lipinski definition) is 1. The zero-order chi connectivity index (χ0) is 22.3. The van der Waals surface area contributed by atoms with Crippen LogP contribution in [0, 0.1) is 24.2 Å². The number of aryl methyl sites for hydroxylation is 1. The molecule has 2 aromatic rings. The molecule has 7 nitrogen and oxygen atoms in total. The summed E-state index contributed by atoms with van der Waals surface area (Å²) in [5.41, 5.74) is -1.11. The smallest absolute Gasteiger partial charge is 0.456 e. The Balaban J connectivity index is 2.36. The second kappa shape index (κ2) is 7.50. The van der Waals surface area contributed by atoms with Crippen molar-refractivity contribution in [2.24, 2.45) is 5.92 Å². The molecule has 158 valence electrons. The van der Waals surface area contributed by atoms with Gasteiger partial charge in [0.25, 0.3) is 0 Å². The Morgan fingerprint density at radius 3 is 2.50 bits per heavy atom. The van der Waals surface area contributed by atoms with E-state index in [0.717, 1.165) is 6.07 Å². The zero-order valence-electron chi connectivity index (χ0n) is 15.8. The van der Waals surface area contributed by atoms with Crippen LogP contribution in [-0.2, 0) is 9.53 Å². The van der Waals surface area contributed by atoms with Gasteiger partial charge in [-0.2, -0.15) is 18.4 Å². The summed E-state index contributed by atoms with van der Waals surface area (Å²) >= 11 is 0. The number of nitrogens with zero attached hydrogens (tertiary/aromatic N) is 1. The molecule has 0 bridgehead atoms. The summed E-state index contributed by atoms with van der Waals surface area (Å²) in [6.07, 6.45) is -5.41. The highest BCUT2D eigenvalue weighted by Crippen LogP contribution is 2.52. The summed E-state index contributed by atoms with van der Waals surface area (Å²) in [6.45, 7) is 2.45. The molecule has 1 N–H and O–H groups in total. The van der Waals surface area contributed by atoms with E-state index in [4.69, 9.17) is 19.2 Å². The molecule has 0 aliphatic carbocycles. The molecule has 2 heterocycles. The molecule has 0 amide bonds. The van der Waals surface area contributed by atoms with Crippen LogP contribution in [0.5, 0.6) is 5.75 Å². The van der Waals surface area contributed by atoms with Crippen molar-refractivity contribution in [2.45, 2.75) is 31.7 Å². The average Bonchev–Trinajstić information content (AvgIpc) is 2.66. The maximum absolute atomic E-state index is 14.0. The molecule has 10 heteroatoms. The summed E-state index contributed by atoms with van der Waals surface area (Å²) in [5.74, 6) is -9.94. The van der Waals surface area contributed by atoms with Crippen molar-refractivity contribution < 1.29 is 37.0 Å². The molecule has 1 aliphatic rings. The van der Waals surface area contributed by atoms with Crippen LogP contribution in [0.1, 0.15) is 35.3 Å². The first-order valence-corrected chi connectivity index (χ1v) is 8.83. The fourth-order valence-corrected chi connectivity index (χ4v) is 3.47. The topological polar surface area (TPSA) is 110 Å². The highest BCUT2D eigenvalue weighted by Gasteiger charge is 2.69. The summed E-state index contributed by atoms with van der Waals surface area (Å²) in [7, 11) is 0. The summed E-state index contributed by atoms with van der Waals surface area (Å²) in [6, 6.07) is 8.11. The molecule has 30 heavy (non-hydrogen) atoms. The fourth-order valence-electron chi connectivity index (χ4n) is 3.47. The summed E-state index contributed by atoms with van der Waals surface area (Å²) in [5, 5.41) is 19.6. The van der Waals surface area contributed by atoms with Crippen molar-refractivity contribution in [1.82, 2.24) is 0 Å². The highest BCUT2D eigenvalue weighted by atomic mass is 19.4. The number of benzene rings is 1. The first-order chi connectivity index (χ1) is 14.0. The van der Waals surface area contributed by atoms with Crippen molar-refractivity contribution in [3.63, 3.8) is 0 Å². The number of aliphatic hydroxyl groups is 1. The van der Waals surface area contributed by atoms with Crippen LogP contribution < -0.4 is 10.4 Å². The van der Waals surface area contributed by atoms with Gasteiger partial charge >= 0.3 is 23.6 Å². The molecular weight excluding hydrogens is 407 g/mol. The van der Waals surface area contributed by atoms with Crippen molar-refractivity contribution in [2.75, 3.05) is 6.61 Å². The van der Waals surface area contributed by atoms with Crippen LogP contribution in [-0.4, -0.2) is 29.6 Å². The van der Waals surface area contributed by atoms with Crippen LogP contribution in [0.15, 0.2) is 39.5 Å². The van der Waals surface area contributed by atoms with Gasteiger partial charge in [0.1, 0.15) is 17.4 Å². The van der Waals surface area contributed by atoms with Gasteiger partial charge in [-0.3, -0.25) is 4.79 Å². The van der Waals surface area contributed by atoms with Gasteiger partial charge in [0, 0.05) is 12.0 Å². The minimum atomic E-state index is -5.41. The molecule has 0 saturated heterocycles. The van der Waals surface area contributed by atoms with Crippen molar-refractivity contribution in [3.05, 3.63) is 63.2 Å². The number of hydrogen-bond acceptors (Lipinski definition) is 7. The molecule has 0 radical (unpaired) electrons. The lowest BCUT2D eigenvalue weighted by molar-refractivity contribution is -0.359. The van der Waals surface area contributed by atoms with E-state index in [-0.39, 0.29) is 29.1 Å². The first kappa shape index (κ1) is 21.4. The normalized spacial score (nSPS) is 23.1. The van der Waals surface area contributed by atoms with Crippen LogP contribution in [0.2, 0.25) is 0 Å². The molecule has 1 aromatic carbocycles. The third kappa shape index (κ3) is 3.41. The molecule has 0 saturated carbocycles. The van der Waals surface area contributed by atoms with Gasteiger partial charge in [0.2, 0.25) is 0 Å². The van der Waals surface area contributed by atoms with Crippen LogP contribution >= 0.6 is 0 Å². The standard InChI is InChI=1S/C20H16F3NO6/c1-3-28-18(26)16-14(12-6-4-11(9-24)5-7-12)15-13(8-10(2)29-17(15)25)30-19(16,27)20(21,22)23/h4-8,14,16,27H,3H2,1-2H3. The van der Waals surface area contributed by atoms with Crippen LogP contribution in [0.25, 0.3) is 0 Å². The van der Waals surface area contributed by atoms with E-state index >= 15 is 0 Å². The lowest BCUT2D eigenvalue weighted by atomic mass is 9.74.